The lowest BCUT2D eigenvalue weighted by Gasteiger charge is -2.18. The lowest BCUT2D eigenvalue weighted by Crippen LogP contribution is -2.41. The third-order valence-corrected chi connectivity index (χ3v) is 4.38. The molecule has 0 bridgehead atoms. The Labute approximate surface area is 159 Å². The summed E-state index contributed by atoms with van der Waals surface area (Å²) in [5.74, 6) is 2.51. The first-order valence-corrected chi connectivity index (χ1v) is 9.51. The molecular weight excluding hydrogens is 347 g/mol. The molecule has 0 spiro atoms. The van der Waals surface area contributed by atoms with Gasteiger partial charge in [0.15, 0.2) is 23.4 Å². The maximum absolute atomic E-state index is 13.7. The summed E-state index contributed by atoms with van der Waals surface area (Å²) in [4.78, 5) is 4.60. The van der Waals surface area contributed by atoms with Crippen molar-refractivity contribution in [2.24, 2.45) is 4.99 Å². The van der Waals surface area contributed by atoms with Gasteiger partial charge in [0.25, 0.3) is 0 Å². The normalized spacial score (nSPS) is 15.1. The predicted molar refractivity (Wildman–Crippen MR) is 102 cm³/mol. The maximum atomic E-state index is 13.7. The zero-order valence-corrected chi connectivity index (χ0v) is 15.9. The highest BCUT2D eigenvalue weighted by atomic mass is 19.1. The molecule has 1 aliphatic heterocycles. The van der Waals surface area contributed by atoms with Gasteiger partial charge in [-0.1, -0.05) is 12.1 Å². The molecule has 7 nitrogen and oxygen atoms in total. The second-order valence-electron chi connectivity index (χ2n) is 6.58. The molecule has 3 rings (SSSR count). The number of hydrogen-bond acceptors (Lipinski definition) is 4. The number of nitrogens with one attached hydrogen (secondary N) is 2. The SMILES string of the molecule is CCNC(=NCc1nnc2n1CCCC2)NCC(C)Oc1ccccc1F. The van der Waals surface area contributed by atoms with Gasteiger partial charge in [-0.15, -0.1) is 10.2 Å². The zero-order valence-electron chi connectivity index (χ0n) is 15.9. The Morgan fingerprint density at radius 2 is 2.15 bits per heavy atom. The van der Waals surface area contributed by atoms with Gasteiger partial charge in [-0.3, -0.25) is 0 Å². The Bertz CT molecular complexity index is 775. The highest BCUT2D eigenvalue weighted by Crippen LogP contribution is 2.17. The van der Waals surface area contributed by atoms with E-state index < -0.39 is 0 Å². The number of ether oxygens (including phenoxy) is 1. The average Bonchev–Trinajstić information content (AvgIpc) is 3.09. The van der Waals surface area contributed by atoms with Crippen molar-refractivity contribution < 1.29 is 9.13 Å². The van der Waals surface area contributed by atoms with Gasteiger partial charge in [-0.25, -0.2) is 9.38 Å². The predicted octanol–water partition coefficient (Wildman–Crippen LogP) is 2.28. The summed E-state index contributed by atoms with van der Waals surface area (Å²) in [7, 11) is 0. The number of nitrogens with zero attached hydrogens (tertiary/aromatic N) is 4. The lowest BCUT2D eigenvalue weighted by atomic mass is 10.2. The van der Waals surface area contributed by atoms with E-state index in [0.717, 1.165) is 37.6 Å². The van der Waals surface area contributed by atoms with Gasteiger partial charge in [0.2, 0.25) is 0 Å². The first-order valence-electron chi connectivity index (χ1n) is 9.51. The minimum absolute atomic E-state index is 0.216. The molecule has 2 aromatic rings. The van der Waals surface area contributed by atoms with E-state index in [0.29, 0.717) is 19.0 Å². The van der Waals surface area contributed by atoms with E-state index in [4.69, 9.17) is 4.74 Å². The molecule has 27 heavy (non-hydrogen) atoms. The Balaban J connectivity index is 1.56. The summed E-state index contributed by atoms with van der Waals surface area (Å²) in [6.45, 7) is 6.56. The number of aryl methyl sites for hydroxylation is 1. The van der Waals surface area contributed by atoms with Crippen molar-refractivity contribution in [1.29, 1.82) is 0 Å². The summed E-state index contributed by atoms with van der Waals surface area (Å²) < 4.78 is 21.5. The lowest BCUT2D eigenvalue weighted by molar-refractivity contribution is 0.214. The number of benzene rings is 1. The molecule has 1 atom stereocenters. The number of hydrogen-bond donors (Lipinski definition) is 2. The van der Waals surface area contributed by atoms with Gasteiger partial charge in [0, 0.05) is 19.5 Å². The van der Waals surface area contributed by atoms with Crippen LogP contribution in [0.3, 0.4) is 0 Å². The molecule has 146 valence electrons. The van der Waals surface area contributed by atoms with Crippen LogP contribution >= 0.6 is 0 Å². The van der Waals surface area contributed by atoms with Crippen LogP contribution in [0.5, 0.6) is 5.75 Å². The molecule has 1 aromatic carbocycles. The number of aromatic nitrogens is 3. The minimum Gasteiger partial charge on any atom is -0.486 e. The fourth-order valence-corrected chi connectivity index (χ4v) is 3.02. The van der Waals surface area contributed by atoms with Crippen LogP contribution in [0.4, 0.5) is 4.39 Å². The van der Waals surface area contributed by atoms with Gasteiger partial charge in [0.05, 0.1) is 6.54 Å². The molecule has 0 radical (unpaired) electrons. The molecule has 2 heterocycles. The molecule has 1 aliphatic rings. The molecular formula is C19H27FN6O. The first-order chi connectivity index (χ1) is 13.2. The van der Waals surface area contributed by atoms with Crippen LogP contribution in [0.25, 0.3) is 0 Å². The van der Waals surface area contributed by atoms with Crippen molar-refractivity contribution >= 4 is 5.96 Å². The molecule has 0 amide bonds. The summed E-state index contributed by atoms with van der Waals surface area (Å²) in [6.07, 6.45) is 3.10. The number of rotatable bonds is 7. The highest BCUT2D eigenvalue weighted by molar-refractivity contribution is 5.79. The number of para-hydroxylation sites is 1. The van der Waals surface area contributed by atoms with Crippen molar-refractivity contribution in [2.45, 2.75) is 52.3 Å². The van der Waals surface area contributed by atoms with Crippen molar-refractivity contribution in [2.75, 3.05) is 13.1 Å². The largest absolute Gasteiger partial charge is 0.486 e. The molecule has 0 saturated heterocycles. The Morgan fingerprint density at radius 1 is 1.30 bits per heavy atom. The Morgan fingerprint density at radius 3 is 2.96 bits per heavy atom. The van der Waals surface area contributed by atoms with Crippen LogP contribution in [0.2, 0.25) is 0 Å². The maximum Gasteiger partial charge on any atom is 0.191 e. The van der Waals surface area contributed by atoms with E-state index in [2.05, 4.69) is 30.4 Å². The average molecular weight is 374 g/mol. The van der Waals surface area contributed by atoms with E-state index in [9.17, 15) is 4.39 Å². The van der Waals surface area contributed by atoms with Crippen LogP contribution in [0, 0.1) is 5.82 Å². The van der Waals surface area contributed by atoms with Crippen LogP contribution in [0.15, 0.2) is 29.3 Å². The number of aliphatic imine (C=N–C) groups is 1. The summed E-state index contributed by atoms with van der Waals surface area (Å²) >= 11 is 0. The van der Waals surface area contributed by atoms with Crippen LogP contribution in [-0.2, 0) is 19.5 Å². The molecule has 2 N–H and O–H groups in total. The molecule has 0 aliphatic carbocycles. The molecule has 8 heteroatoms. The van der Waals surface area contributed by atoms with Crippen LogP contribution in [0.1, 0.15) is 38.3 Å². The quantitative estimate of drug-likeness (QED) is 0.574. The standard InChI is InChI=1S/C19H27FN6O/c1-3-21-19(22-12-14(2)27-16-9-5-4-8-15(16)20)23-13-18-25-24-17-10-6-7-11-26(17)18/h4-5,8-9,14H,3,6-7,10-13H2,1-2H3,(H2,21,22,23). The van der Waals surface area contributed by atoms with E-state index in [1.165, 1.54) is 12.5 Å². The summed E-state index contributed by atoms with van der Waals surface area (Å²) in [5.41, 5.74) is 0. The van der Waals surface area contributed by atoms with Gasteiger partial charge < -0.3 is 19.9 Å². The molecule has 1 aromatic heterocycles. The van der Waals surface area contributed by atoms with Gasteiger partial charge in [-0.05, 0) is 38.8 Å². The van der Waals surface area contributed by atoms with E-state index >= 15 is 0 Å². The monoisotopic (exact) mass is 374 g/mol. The van der Waals surface area contributed by atoms with Gasteiger partial charge in [0.1, 0.15) is 18.5 Å². The Kier molecular flexibility index (Phi) is 6.62. The Hall–Kier alpha value is -2.64. The smallest absolute Gasteiger partial charge is 0.191 e. The highest BCUT2D eigenvalue weighted by Gasteiger charge is 2.15. The second-order valence-corrected chi connectivity index (χ2v) is 6.58. The zero-order chi connectivity index (χ0) is 19.1. The topological polar surface area (TPSA) is 76.4 Å². The van der Waals surface area contributed by atoms with Crippen LogP contribution < -0.4 is 15.4 Å². The molecule has 0 fully saturated rings. The van der Waals surface area contributed by atoms with Crippen molar-refractivity contribution in [1.82, 2.24) is 25.4 Å². The van der Waals surface area contributed by atoms with Gasteiger partial charge >= 0.3 is 0 Å². The summed E-state index contributed by atoms with van der Waals surface area (Å²) in [6, 6.07) is 6.41. The number of fused-ring (bicyclic) bond motifs is 1. The number of halogens is 1. The van der Waals surface area contributed by atoms with E-state index in [1.807, 2.05) is 13.8 Å². The second kappa shape index (κ2) is 9.34. The minimum atomic E-state index is -0.360. The number of guanidine groups is 1. The van der Waals surface area contributed by atoms with E-state index in [1.54, 1.807) is 18.2 Å². The molecule has 0 saturated carbocycles. The fourth-order valence-electron chi connectivity index (χ4n) is 3.02. The van der Waals surface area contributed by atoms with Crippen molar-refractivity contribution in [3.63, 3.8) is 0 Å². The fraction of sp³-hybridized carbons (Fsp3) is 0.526. The van der Waals surface area contributed by atoms with Crippen molar-refractivity contribution in [3.8, 4) is 5.75 Å². The van der Waals surface area contributed by atoms with Crippen molar-refractivity contribution in [3.05, 3.63) is 41.7 Å². The summed E-state index contributed by atoms with van der Waals surface area (Å²) in [5, 5.41) is 15.0. The van der Waals surface area contributed by atoms with Gasteiger partial charge in [-0.2, -0.15) is 0 Å². The third kappa shape index (κ3) is 5.18. The first kappa shape index (κ1) is 19.1. The third-order valence-electron chi connectivity index (χ3n) is 4.38. The van der Waals surface area contributed by atoms with E-state index in [-0.39, 0.29) is 17.7 Å². The molecule has 1 unspecified atom stereocenters. The van der Waals surface area contributed by atoms with Crippen LogP contribution in [-0.4, -0.2) is 39.9 Å².